The van der Waals surface area contributed by atoms with Gasteiger partial charge in [-0.1, -0.05) is 158 Å². The maximum absolute atomic E-state index is 9.73. The zero-order valence-corrected chi connectivity index (χ0v) is 29.6. The third-order valence-electron chi connectivity index (χ3n) is 10.1. The van der Waals surface area contributed by atoms with Gasteiger partial charge in [-0.25, -0.2) is 15.0 Å². The van der Waals surface area contributed by atoms with Gasteiger partial charge in [-0.15, -0.1) is 0 Å². The topological polar surface area (TPSA) is 56.7 Å². The summed E-state index contributed by atoms with van der Waals surface area (Å²) in [6.45, 7) is 0. The summed E-state index contributed by atoms with van der Waals surface area (Å²) in [6.07, 6.45) is 0. The molecule has 0 spiro atoms. The number of hydrogen-bond acceptors (Lipinski definition) is 4. The number of rotatable bonds is 6. The van der Waals surface area contributed by atoms with Crippen LogP contribution in [0.5, 0.6) is 0 Å². The molecule has 5 nitrogen and oxygen atoms in total. The van der Waals surface area contributed by atoms with E-state index in [0.717, 1.165) is 38.6 Å². The van der Waals surface area contributed by atoms with Crippen molar-refractivity contribution in [1.82, 2.24) is 19.5 Å². The average Bonchev–Trinajstić information content (AvgIpc) is 3.86. The van der Waals surface area contributed by atoms with E-state index in [9.17, 15) is 4.11 Å². The van der Waals surface area contributed by atoms with E-state index in [0.29, 0.717) is 39.8 Å². The van der Waals surface area contributed by atoms with Crippen LogP contribution in [-0.4, -0.2) is 19.5 Å². The summed E-state index contributed by atoms with van der Waals surface area (Å²) in [4.78, 5) is 15.1. The number of hydrogen-bond donors (Lipinski definition) is 0. The number of aromatic nitrogens is 4. The van der Waals surface area contributed by atoms with E-state index in [1.807, 2.05) is 126 Å². The summed E-state index contributed by atoms with van der Waals surface area (Å²) in [6, 6.07) is 45.9. The molecule has 0 saturated carbocycles. The zero-order valence-electron chi connectivity index (χ0n) is 36.6. The molecular weight excluding hydrogens is 685 g/mol. The highest BCUT2D eigenvalue weighted by atomic mass is 16.3. The molecule has 0 saturated heterocycles. The lowest BCUT2D eigenvalue weighted by molar-refractivity contribution is 0.670. The second-order valence-corrected chi connectivity index (χ2v) is 13.4. The largest absolute Gasteiger partial charge is 0.455 e. The van der Waals surface area contributed by atoms with Crippen molar-refractivity contribution in [2.75, 3.05) is 0 Å². The van der Waals surface area contributed by atoms with E-state index >= 15 is 0 Å². The molecule has 0 radical (unpaired) electrons. The predicted octanol–water partition coefficient (Wildman–Crippen LogP) is 13.2. The fraction of sp³-hybridized carbons (Fsp3) is 0. The molecule has 0 unspecified atom stereocenters. The van der Waals surface area contributed by atoms with Crippen molar-refractivity contribution in [3.63, 3.8) is 0 Å². The Balaban J connectivity index is 1.27. The van der Waals surface area contributed by atoms with Gasteiger partial charge in [0.2, 0.25) is 0 Å². The number of benzene rings is 8. The molecule has 0 aliphatic heterocycles. The molecule has 0 aliphatic carbocycles. The Morgan fingerprint density at radius 2 is 1.14 bits per heavy atom. The molecule has 0 bridgehead atoms. The molecule has 0 amide bonds. The minimum atomic E-state index is -0.136. The maximum atomic E-state index is 9.73. The molecular formula is C51H32N4O. The van der Waals surface area contributed by atoms with E-state index < -0.39 is 0 Å². The number of furan rings is 1. The second-order valence-electron chi connectivity index (χ2n) is 13.4. The third kappa shape index (κ3) is 5.29. The summed E-state index contributed by atoms with van der Waals surface area (Å²) in [5.41, 5.74) is 6.71. The van der Waals surface area contributed by atoms with Crippen molar-refractivity contribution in [3.05, 3.63) is 194 Å². The Morgan fingerprint density at radius 3 is 1.93 bits per heavy atom. The first-order chi connectivity index (χ1) is 30.6. The molecule has 0 aliphatic rings. The van der Waals surface area contributed by atoms with Crippen LogP contribution >= 0.6 is 0 Å². The number of fused-ring (bicyclic) bond motifs is 6. The standard InChI is InChI=1S/C51H32N4O/c1-4-15-33(16-5-1)36-28-30-45-43(31-36)39-21-10-12-25-44(39)55(45)46-32-37(38-23-14-24-41-40-22-11-13-26-47(40)56-48(38)41)27-29-42(46)51-53-49(34-17-6-2-7-18-34)52-50(54-51)35-19-8-3-9-20-35/h1-32H/i1D,10D,15D,16D,21D,30D,31D. The zero-order chi connectivity index (χ0) is 43.1. The van der Waals surface area contributed by atoms with Crippen molar-refractivity contribution >= 4 is 43.7 Å². The van der Waals surface area contributed by atoms with Crippen LogP contribution in [0.15, 0.2) is 198 Å². The first-order valence-electron chi connectivity index (χ1n) is 21.7. The van der Waals surface area contributed by atoms with Crippen LogP contribution in [-0.2, 0) is 0 Å². The molecule has 3 heterocycles. The van der Waals surface area contributed by atoms with Crippen molar-refractivity contribution in [3.8, 4) is 62.1 Å². The van der Waals surface area contributed by atoms with Gasteiger partial charge in [0, 0.05) is 43.8 Å². The van der Waals surface area contributed by atoms with E-state index in [1.54, 1.807) is 6.07 Å². The van der Waals surface area contributed by atoms with Crippen molar-refractivity contribution in [2.45, 2.75) is 0 Å². The molecule has 3 aromatic heterocycles. The third-order valence-corrected chi connectivity index (χ3v) is 10.1. The lowest BCUT2D eigenvalue weighted by Crippen LogP contribution is -2.04. The van der Waals surface area contributed by atoms with Crippen LogP contribution in [0, 0.1) is 0 Å². The highest BCUT2D eigenvalue weighted by Gasteiger charge is 2.22. The van der Waals surface area contributed by atoms with Gasteiger partial charge in [0.05, 0.1) is 26.3 Å². The van der Waals surface area contributed by atoms with E-state index in [-0.39, 0.29) is 69.7 Å². The van der Waals surface area contributed by atoms with Gasteiger partial charge in [0.25, 0.3) is 0 Å². The first kappa shape index (κ1) is 25.4. The van der Waals surface area contributed by atoms with Crippen LogP contribution in [0.4, 0.5) is 0 Å². The molecule has 0 N–H and O–H groups in total. The highest BCUT2D eigenvalue weighted by molar-refractivity contribution is 6.12. The molecule has 56 heavy (non-hydrogen) atoms. The van der Waals surface area contributed by atoms with Crippen LogP contribution < -0.4 is 0 Å². The Labute approximate surface area is 332 Å². The van der Waals surface area contributed by atoms with Gasteiger partial charge < -0.3 is 8.98 Å². The van der Waals surface area contributed by atoms with Crippen LogP contribution in [0.2, 0.25) is 0 Å². The monoisotopic (exact) mass is 723 g/mol. The van der Waals surface area contributed by atoms with Gasteiger partial charge in [-0.05, 0) is 53.0 Å². The van der Waals surface area contributed by atoms with Crippen molar-refractivity contribution in [2.24, 2.45) is 0 Å². The van der Waals surface area contributed by atoms with Gasteiger partial charge in [-0.3, -0.25) is 0 Å². The molecule has 0 atom stereocenters. The Hall–Kier alpha value is -7.63. The van der Waals surface area contributed by atoms with E-state index in [2.05, 4.69) is 0 Å². The van der Waals surface area contributed by atoms with Gasteiger partial charge >= 0.3 is 0 Å². The van der Waals surface area contributed by atoms with E-state index in [1.165, 1.54) is 24.3 Å². The van der Waals surface area contributed by atoms with Crippen LogP contribution in [0.1, 0.15) is 9.60 Å². The Bertz CT molecular complexity index is 3580. The molecule has 5 heteroatoms. The van der Waals surface area contributed by atoms with Crippen molar-refractivity contribution in [1.29, 1.82) is 0 Å². The van der Waals surface area contributed by atoms with Crippen LogP contribution in [0.25, 0.3) is 106 Å². The smallest absolute Gasteiger partial charge is 0.166 e. The van der Waals surface area contributed by atoms with Crippen LogP contribution in [0.3, 0.4) is 0 Å². The summed E-state index contributed by atoms with van der Waals surface area (Å²) in [7, 11) is 0. The number of nitrogens with zero attached hydrogens (tertiary/aromatic N) is 4. The minimum absolute atomic E-state index is 0.00808. The summed E-state index contributed by atoms with van der Waals surface area (Å²) >= 11 is 0. The lowest BCUT2D eigenvalue weighted by atomic mass is 9.99. The average molecular weight is 724 g/mol. The highest BCUT2D eigenvalue weighted by Crippen LogP contribution is 2.42. The summed E-state index contributed by atoms with van der Waals surface area (Å²) in [5, 5.41) is 2.43. The Kier molecular flexibility index (Phi) is 5.92. The normalized spacial score (nSPS) is 13.3. The molecule has 8 aromatic carbocycles. The molecule has 0 fully saturated rings. The minimum Gasteiger partial charge on any atom is -0.455 e. The SMILES string of the molecule is [2H]c1cc([2H])c(-c2cc([2H])c3c(c2[2H])c2c([2H])c([2H])ccc2n3-c2cc(-c3cccc4c3oc3ccccc34)ccc2-c2nc(-c3ccccc3)nc(-c3ccccc3)n2)c([2H])c1. The fourth-order valence-corrected chi connectivity index (χ4v) is 7.51. The lowest BCUT2D eigenvalue weighted by Gasteiger charge is -2.16. The van der Waals surface area contributed by atoms with Crippen molar-refractivity contribution < 1.29 is 14.0 Å². The Morgan fingerprint density at radius 1 is 0.429 bits per heavy atom. The second kappa shape index (κ2) is 13.0. The molecule has 11 aromatic rings. The van der Waals surface area contributed by atoms with E-state index in [4.69, 9.17) is 24.9 Å². The maximum Gasteiger partial charge on any atom is 0.166 e. The quantitative estimate of drug-likeness (QED) is 0.171. The van der Waals surface area contributed by atoms with Gasteiger partial charge in [0.1, 0.15) is 11.2 Å². The fourth-order valence-electron chi connectivity index (χ4n) is 7.51. The summed E-state index contributed by atoms with van der Waals surface area (Å²) < 4.78 is 71.4. The van der Waals surface area contributed by atoms with Gasteiger partial charge in [-0.2, -0.15) is 0 Å². The number of para-hydroxylation sites is 3. The van der Waals surface area contributed by atoms with Gasteiger partial charge in [0.15, 0.2) is 17.5 Å². The molecule has 11 rings (SSSR count). The molecule has 262 valence electrons. The predicted molar refractivity (Wildman–Crippen MR) is 229 cm³/mol. The summed E-state index contributed by atoms with van der Waals surface area (Å²) in [5.74, 6) is 1.24. The first-order valence-corrected chi connectivity index (χ1v) is 18.2.